The Bertz CT molecular complexity index is 4740. The number of methoxy groups -OCH3 is 1. The third-order valence-electron chi connectivity index (χ3n) is 12.0. The SMILES string of the molecule is COc1cc2c(cc1S(=O)(=O)O)nc1c(C#N)c(C)c(N=Nc3cc(C)c(N=Nc4cc(CO)c(N=Nc5nc6c(S(=O)(=O)O)cc7c(CO)cc(S(=O)(=O)O)cc7c6s5)cc4SCCCS(=O)(=O)O)cc3OCCCS(=O)(=O)O)c(O)n12. The minimum atomic E-state index is -5.03. The summed E-state index contributed by atoms with van der Waals surface area (Å²) < 4.78 is 181. The highest BCUT2D eigenvalue weighted by Crippen LogP contribution is 2.45. The monoisotopic (exact) mass is 1280 g/mol. The van der Waals surface area contributed by atoms with Gasteiger partial charge in [0, 0.05) is 33.5 Å². The maximum absolute atomic E-state index is 12.6. The Morgan fingerprint density at radius 1 is 0.675 bits per heavy atom. The number of benzene rings is 5. The van der Waals surface area contributed by atoms with Gasteiger partial charge in [-0.2, -0.15) is 52.5 Å². The predicted molar refractivity (Wildman–Crippen MR) is 297 cm³/mol. The van der Waals surface area contributed by atoms with Crippen LogP contribution >= 0.6 is 23.1 Å². The van der Waals surface area contributed by atoms with Crippen LogP contribution in [0.3, 0.4) is 0 Å². The average Bonchev–Trinajstić information content (AvgIpc) is 2.03. The zero-order valence-corrected chi connectivity index (χ0v) is 48.4. The first-order chi connectivity index (χ1) is 38.8. The summed E-state index contributed by atoms with van der Waals surface area (Å²) in [4.78, 5) is 6.76. The molecule has 0 aliphatic carbocycles. The van der Waals surface area contributed by atoms with Gasteiger partial charge in [-0.05, 0) is 91.4 Å². The second kappa shape index (κ2) is 23.8. The zero-order valence-electron chi connectivity index (χ0n) is 42.7. The topological polar surface area (TPSA) is 479 Å². The average molecular weight is 1280 g/mol. The maximum atomic E-state index is 12.6. The fourth-order valence-corrected chi connectivity index (χ4v) is 13.2. The molecule has 0 amide bonds. The van der Waals surface area contributed by atoms with Crippen molar-refractivity contribution in [2.75, 3.05) is 31.0 Å². The number of aliphatic hydroxyl groups is 2. The normalized spacial score (nSPS) is 13.0. The molecule has 3 aromatic heterocycles. The molecule has 0 unspecified atom stereocenters. The summed E-state index contributed by atoms with van der Waals surface area (Å²) in [5.41, 5.74) is -0.565. The van der Waals surface area contributed by atoms with Crippen LogP contribution in [0.2, 0.25) is 0 Å². The number of pyridine rings is 1. The van der Waals surface area contributed by atoms with Crippen molar-refractivity contribution in [2.24, 2.45) is 30.7 Å². The molecular formula is C46H42N10O20S7. The summed E-state index contributed by atoms with van der Waals surface area (Å²) in [6.07, 6.45) is -0.303. The fourth-order valence-electron chi connectivity index (χ4n) is 8.19. The van der Waals surface area contributed by atoms with E-state index in [1.54, 1.807) is 6.92 Å². The molecule has 0 aliphatic rings. The number of nitrogens with zero attached hydrogens (tertiary/aromatic N) is 10. The Labute approximate surface area is 478 Å². The van der Waals surface area contributed by atoms with Crippen LogP contribution in [0.25, 0.3) is 37.7 Å². The van der Waals surface area contributed by atoms with E-state index in [4.69, 9.17) is 9.47 Å². The van der Waals surface area contributed by atoms with E-state index in [0.717, 1.165) is 53.6 Å². The molecule has 37 heteroatoms. The molecule has 8 aromatic rings. The van der Waals surface area contributed by atoms with E-state index in [-0.39, 0.29) is 135 Å². The van der Waals surface area contributed by atoms with Gasteiger partial charge in [0.1, 0.15) is 44.1 Å². The molecule has 438 valence electrons. The van der Waals surface area contributed by atoms with Gasteiger partial charge in [-0.3, -0.25) is 27.2 Å². The summed E-state index contributed by atoms with van der Waals surface area (Å²) >= 11 is 1.69. The Morgan fingerprint density at radius 2 is 1.33 bits per heavy atom. The molecule has 0 bridgehead atoms. The van der Waals surface area contributed by atoms with Gasteiger partial charge < -0.3 is 24.8 Å². The van der Waals surface area contributed by atoms with E-state index in [2.05, 4.69) is 40.7 Å². The number of hydrogen-bond acceptors (Lipinski definition) is 26. The molecule has 8 N–H and O–H groups in total. The van der Waals surface area contributed by atoms with Gasteiger partial charge in [-0.25, -0.2) is 9.97 Å². The Kier molecular flexibility index (Phi) is 17.7. The van der Waals surface area contributed by atoms with Crippen LogP contribution in [0.5, 0.6) is 17.4 Å². The van der Waals surface area contributed by atoms with Crippen LogP contribution in [-0.2, 0) is 63.8 Å². The van der Waals surface area contributed by atoms with E-state index in [9.17, 15) is 85.4 Å². The third-order valence-corrected chi connectivity index (χ3v) is 18.3. The van der Waals surface area contributed by atoms with Gasteiger partial charge in [0.25, 0.3) is 50.6 Å². The van der Waals surface area contributed by atoms with Crippen molar-refractivity contribution in [2.45, 2.75) is 59.5 Å². The number of azo groups is 3. The minimum Gasteiger partial charge on any atom is -0.495 e. The van der Waals surface area contributed by atoms with Crippen LogP contribution in [0.1, 0.15) is 40.7 Å². The second-order valence-corrected chi connectivity index (χ2v) is 27.1. The molecule has 0 fully saturated rings. The first-order valence-corrected chi connectivity index (χ1v) is 32.6. The second-order valence-electron chi connectivity index (χ2n) is 17.6. The number of ether oxygens (including phenoxy) is 2. The zero-order chi connectivity index (χ0) is 60.7. The van der Waals surface area contributed by atoms with Gasteiger partial charge in [-0.1, -0.05) is 11.3 Å². The van der Waals surface area contributed by atoms with Crippen molar-refractivity contribution in [3.05, 3.63) is 82.4 Å². The van der Waals surface area contributed by atoms with E-state index in [1.807, 2.05) is 6.07 Å². The number of fused-ring (bicyclic) bond motifs is 6. The number of hydrogen-bond donors (Lipinski definition) is 8. The number of aromatic nitrogens is 3. The van der Waals surface area contributed by atoms with Crippen LogP contribution in [-0.4, -0.2) is 126 Å². The molecule has 30 nitrogen and oxygen atoms in total. The predicted octanol–water partition coefficient (Wildman–Crippen LogP) is 8.45. The van der Waals surface area contributed by atoms with Crippen molar-refractivity contribution in [3.8, 4) is 23.4 Å². The third kappa shape index (κ3) is 13.7. The molecule has 0 atom stereocenters. The number of imidazole rings is 1. The molecule has 5 aromatic carbocycles. The van der Waals surface area contributed by atoms with Crippen LogP contribution in [0.4, 0.5) is 33.6 Å². The molecular weight excluding hydrogens is 1240 g/mol. The van der Waals surface area contributed by atoms with E-state index >= 15 is 0 Å². The van der Waals surface area contributed by atoms with Crippen molar-refractivity contribution in [1.29, 1.82) is 5.26 Å². The number of nitriles is 1. The molecule has 0 aliphatic heterocycles. The smallest absolute Gasteiger partial charge is 0.298 e. The Hall–Kier alpha value is -7.29. The lowest BCUT2D eigenvalue weighted by molar-refractivity contribution is 0.282. The lowest BCUT2D eigenvalue weighted by Gasteiger charge is -2.12. The lowest BCUT2D eigenvalue weighted by Crippen LogP contribution is -2.08. The summed E-state index contributed by atoms with van der Waals surface area (Å²) in [5, 5.41) is 68.1. The number of rotatable bonds is 22. The van der Waals surface area contributed by atoms with Crippen molar-refractivity contribution in [3.63, 3.8) is 0 Å². The number of aliphatic hydroxyl groups excluding tert-OH is 2. The highest BCUT2D eigenvalue weighted by atomic mass is 32.2. The Morgan fingerprint density at radius 3 is 1.95 bits per heavy atom. The number of aryl methyl sites for hydroxylation is 1. The highest BCUT2D eigenvalue weighted by Gasteiger charge is 2.27. The van der Waals surface area contributed by atoms with E-state index < -0.39 is 95.9 Å². The summed E-state index contributed by atoms with van der Waals surface area (Å²) in [6, 6.07) is 12.5. The molecule has 0 saturated carbocycles. The molecule has 3 heterocycles. The van der Waals surface area contributed by atoms with Crippen molar-refractivity contribution >= 4 is 145 Å². The summed E-state index contributed by atoms with van der Waals surface area (Å²) in [6.45, 7) is 1.13. The Balaban J connectivity index is 1.21. The van der Waals surface area contributed by atoms with Gasteiger partial charge in [0.05, 0.1) is 76.1 Å². The van der Waals surface area contributed by atoms with Crippen LogP contribution < -0.4 is 9.47 Å². The molecule has 0 spiro atoms. The molecule has 83 heavy (non-hydrogen) atoms. The number of thiazole rings is 1. The largest absolute Gasteiger partial charge is 0.495 e. The van der Waals surface area contributed by atoms with E-state index in [0.29, 0.717) is 16.9 Å². The first kappa shape index (κ1) is 61.8. The van der Waals surface area contributed by atoms with Crippen molar-refractivity contribution < 1.29 is 89.6 Å². The molecule has 8 rings (SSSR count). The summed E-state index contributed by atoms with van der Waals surface area (Å²) in [5.74, 6) is -2.34. The quantitative estimate of drug-likeness (QED) is 0.0136. The van der Waals surface area contributed by atoms with Gasteiger partial charge in [0.15, 0.2) is 11.3 Å². The summed E-state index contributed by atoms with van der Waals surface area (Å²) in [7, 11) is -22.4. The number of thioether (sulfide) groups is 1. The van der Waals surface area contributed by atoms with Gasteiger partial charge >= 0.3 is 0 Å². The lowest BCUT2D eigenvalue weighted by atomic mass is 10.0. The fraction of sp³-hybridized carbons (Fsp3) is 0.239. The van der Waals surface area contributed by atoms with Crippen molar-refractivity contribution in [1.82, 2.24) is 14.4 Å². The molecule has 0 saturated heterocycles. The molecule has 0 radical (unpaired) electrons. The first-order valence-electron chi connectivity index (χ1n) is 23.3. The van der Waals surface area contributed by atoms with Gasteiger partial charge in [0.2, 0.25) is 11.0 Å². The standard InChI is InChI=1S/C46H42N10O20S7/c1-22-10-33(52-54-41-23(2)29(19-47)44-48-32-17-39(82(69,70)71)37(75-3)18-35(32)56(44)45(41)59)36(76-6-4-8-79(60,61)62)15-30(22)50-53-34-12-25(21-58)31(16-38(34)77-7-5-9-80(63,64)65)51-55-46-49-42-40(83(72,73)74)14-27-24(20-57)11-26(81(66,67)68)13-28(27)43(42)78-46/h10-18,57-59H,4-9,20-21H2,1-3H3,(H,60,61,62)(H,63,64,65)(H,66,67,68)(H,69,70,71)(H,72,73,74). The maximum Gasteiger partial charge on any atom is 0.298 e. The number of aromatic hydroxyl groups is 1. The highest BCUT2D eigenvalue weighted by molar-refractivity contribution is 7.99. The minimum absolute atomic E-state index is 0.000345. The van der Waals surface area contributed by atoms with Crippen LogP contribution in [0, 0.1) is 25.2 Å². The van der Waals surface area contributed by atoms with E-state index in [1.165, 1.54) is 31.2 Å². The van der Waals surface area contributed by atoms with Crippen LogP contribution in [0.15, 0.2) is 105 Å². The van der Waals surface area contributed by atoms with Gasteiger partial charge in [-0.15, -0.1) is 37.3 Å².